The van der Waals surface area contributed by atoms with Gasteiger partial charge in [-0.2, -0.15) is 0 Å². The lowest BCUT2D eigenvalue weighted by atomic mass is 10.1. The highest BCUT2D eigenvalue weighted by molar-refractivity contribution is 5.83. The average Bonchev–Trinajstić information content (AvgIpc) is 2.28. The summed E-state index contributed by atoms with van der Waals surface area (Å²) in [6.45, 7) is 4.14. The summed E-state index contributed by atoms with van der Waals surface area (Å²) in [6.07, 6.45) is 0.615. The highest BCUT2D eigenvalue weighted by Gasteiger charge is 2.35. The maximum atomic E-state index is 11.7. The van der Waals surface area contributed by atoms with Crippen LogP contribution >= 0.6 is 0 Å². The van der Waals surface area contributed by atoms with Gasteiger partial charge in [0.2, 0.25) is 5.91 Å². The molecule has 0 spiro atoms. The van der Waals surface area contributed by atoms with Gasteiger partial charge in [-0.25, -0.2) is 0 Å². The number of β-amino-alcohol motifs (C(OH)–C–C–N with tert-alkyl or cyclic N) is 1. The van der Waals surface area contributed by atoms with E-state index in [4.69, 9.17) is 0 Å². The van der Waals surface area contributed by atoms with Crippen LogP contribution in [0.1, 0.15) is 13.3 Å². The summed E-state index contributed by atoms with van der Waals surface area (Å²) in [6, 6.07) is 0.0255. The van der Waals surface area contributed by atoms with E-state index in [1.54, 1.807) is 4.90 Å². The van der Waals surface area contributed by atoms with Crippen molar-refractivity contribution in [3.63, 3.8) is 0 Å². The lowest BCUT2D eigenvalue weighted by Crippen LogP contribution is -2.54. The Kier molecular flexibility index (Phi) is 2.26. The first kappa shape index (κ1) is 8.97. The third kappa shape index (κ3) is 1.56. The van der Waals surface area contributed by atoms with E-state index in [9.17, 15) is 9.90 Å². The third-order valence-corrected chi connectivity index (χ3v) is 3.01. The zero-order chi connectivity index (χ0) is 9.42. The molecule has 0 aromatic heterocycles. The number of hydrogen-bond acceptors (Lipinski definition) is 3. The number of amides is 1. The van der Waals surface area contributed by atoms with Crippen molar-refractivity contribution in [1.29, 1.82) is 0 Å². The SMILES string of the molecule is CC1CN(C(=O)C2CCN2)CC1O. The molecule has 4 heteroatoms. The molecule has 2 aliphatic rings. The fourth-order valence-corrected chi connectivity index (χ4v) is 1.85. The molecule has 3 unspecified atom stereocenters. The van der Waals surface area contributed by atoms with E-state index in [2.05, 4.69) is 5.32 Å². The van der Waals surface area contributed by atoms with E-state index in [-0.39, 0.29) is 24.0 Å². The Bertz CT molecular complexity index is 206. The number of hydrogen-bond donors (Lipinski definition) is 2. The van der Waals surface area contributed by atoms with Gasteiger partial charge < -0.3 is 15.3 Å². The Morgan fingerprint density at radius 3 is 2.62 bits per heavy atom. The Morgan fingerprint density at radius 2 is 2.23 bits per heavy atom. The Labute approximate surface area is 77.9 Å². The Balaban J connectivity index is 1.91. The van der Waals surface area contributed by atoms with Crippen LogP contribution in [0, 0.1) is 5.92 Å². The molecule has 2 heterocycles. The van der Waals surface area contributed by atoms with Crippen molar-refractivity contribution in [2.45, 2.75) is 25.5 Å². The fourth-order valence-electron chi connectivity index (χ4n) is 1.85. The van der Waals surface area contributed by atoms with Crippen LogP contribution in [0.15, 0.2) is 0 Å². The molecule has 0 aromatic carbocycles. The highest BCUT2D eigenvalue weighted by atomic mass is 16.3. The largest absolute Gasteiger partial charge is 0.391 e. The average molecular weight is 184 g/mol. The summed E-state index contributed by atoms with van der Waals surface area (Å²) < 4.78 is 0. The number of carbonyl (C=O) groups is 1. The van der Waals surface area contributed by atoms with Crippen LogP contribution in [0.5, 0.6) is 0 Å². The number of nitrogens with one attached hydrogen (secondary N) is 1. The monoisotopic (exact) mass is 184 g/mol. The summed E-state index contributed by atoms with van der Waals surface area (Å²) in [5.74, 6) is 0.388. The Hall–Kier alpha value is -0.610. The van der Waals surface area contributed by atoms with Gasteiger partial charge in [-0.1, -0.05) is 6.92 Å². The van der Waals surface area contributed by atoms with Gasteiger partial charge in [0.05, 0.1) is 12.1 Å². The van der Waals surface area contributed by atoms with Gasteiger partial charge in [0, 0.05) is 19.0 Å². The molecule has 0 aromatic rings. The second-order valence-corrected chi connectivity index (χ2v) is 4.08. The zero-order valence-corrected chi connectivity index (χ0v) is 7.86. The second kappa shape index (κ2) is 3.27. The van der Waals surface area contributed by atoms with Gasteiger partial charge in [0.25, 0.3) is 0 Å². The molecule has 13 heavy (non-hydrogen) atoms. The van der Waals surface area contributed by atoms with Crippen molar-refractivity contribution in [2.75, 3.05) is 19.6 Å². The van der Waals surface area contributed by atoms with Crippen LogP contribution in [-0.4, -0.2) is 47.7 Å². The molecule has 0 bridgehead atoms. The predicted molar refractivity (Wildman–Crippen MR) is 48.2 cm³/mol. The van der Waals surface area contributed by atoms with Crippen molar-refractivity contribution in [1.82, 2.24) is 10.2 Å². The number of nitrogens with zero attached hydrogens (tertiary/aromatic N) is 1. The number of likely N-dealkylation sites (tertiary alicyclic amines) is 1. The maximum absolute atomic E-state index is 11.7. The normalized spacial score (nSPS) is 38.9. The lowest BCUT2D eigenvalue weighted by Gasteiger charge is -2.30. The van der Waals surface area contributed by atoms with Gasteiger partial charge in [-0.05, 0) is 13.0 Å². The van der Waals surface area contributed by atoms with Crippen LogP contribution in [0.3, 0.4) is 0 Å². The molecule has 4 nitrogen and oxygen atoms in total. The highest BCUT2D eigenvalue weighted by Crippen LogP contribution is 2.18. The summed E-state index contributed by atoms with van der Waals surface area (Å²) in [5, 5.41) is 12.6. The van der Waals surface area contributed by atoms with Crippen LogP contribution < -0.4 is 5.32 Å². The van der Waals surface area contributed by atoms with E-state index in [1.807, 2.05) is 6.92 Å². The summed E-state index contributed by atoms with van der Waals surface area (Å²) in [5.41, 5.74) is 0. The van der Waals surface area contributed by atoms with Gasteiger partial charge in [0.15, 0.2) is 0 Å². The Morgan fingerprint density at radius 1 is 1.54 bits per heavy atom. The standard InChI is InChI=1S/C9H16N2O2/c1-6-4-11(5-8(6)12)9(13)7-2-3-10-7/h6-8,10,12H,2-5H2,1H3. The first-order chi connectivity index (χ1) is 6.18. The number of aliphatic hydroxyl groups excluding tert-OH is 1. The van der Waals surface area contributed by atoms with E-state index >= 15 is 0 Å². The molecule has 0 aliphatic carbocycles. The van der Waals surface area contributed by atoms with E-state index in [0.717, 1.165) is 13.0 Å². The molecule has 1 amide bonds. The lowest BCUT2D eigenvalue weighted by molar-refractivity contribution is -0.134. The first-order valence-electron chi connectivity index (χ1n) is 4.88. The number of aliphatic hydroxyl groups is 1. The van der Waals surface area contributed by atoms with Crippen molar-refractivity contribution in [3.8, 4) is 0 Å². The molecule has 2 fully saturated rings. The molecule has 2 N–H and O–H groups in total. The van der Waals surface area contributed by atoms with Crippen molar-refractivity contribution in [2.24, 2.45) is 5.92 Å². The molecule has 2 saturated heterocycles. The molecule has 0 radical (unpaired) electrons. The fraction of sp³-hybridized carbons (Fsp3) is 0.889. The van der Waals surface area contributed by atoms with Crippen molar-refractivity contribution >= 4 is 5.91 Å². The van der Waals surface area contributed by atoms with Crippen LogP contribution in [0.25, 0.3) is 0 Å². The molecule has 74 valence electrons. The summed E-state index contributed by atoms with van der Waals surface area (Å²) in [4.78, 5) is 13.4. The first-order valence-corrected chi connectivity index (χ1v) is 4.88. The van der Waals surface area contributed by atoms with Gasteiger partial charge in [-0.3, -0.25) is 4.79 Å². The second-order valence-electron chi connectivity index (χ2n) is 4.08. The van der Waals surface area contributed by atoms with Crippen LogP contribution in [-0.2, 0) is 4.79 Å². The molecule has 0 saturated carbocycles. The number of carbonyl (C=O) groups excluding carboxylic acids is 1. The summed E-state index contributed by atoms with van der Waals surface area (Å²) in [7, 11) is 0. The molecule has 3 atom stereocenters. The molecular formula is C9H16N2O2. The smallest absolute Gasteiger partial charge is 0.239 e. The molecule has 2 aliphatic heterocycles. The van der Waals surface area contributed by atoms with Gasteiger partial charge in [0.1, 0.15) is 0 Å². The topological polar surface area (TPSA) is 52.6 Å². The van der Waals surface area contributed by atoms with Crippen molar-refractivity contribution < 1.29 is 9.90 Å². The van der Waals surface area contributed by atoms with E-state index in [1.165, 1.54) is 0 Å². The van der Waals surface area contributed by atoms with Gasteiger partial charge in [-0.15, -0.1) is 0 Å². The predicted octanol–water partition coefficient (Wildman–Crippen LogP) is -0.812. The number of rotatable bonds is 1. The van der Waals surface area contributed by atoms with Crippen molar-refractivity contribution in [3.05, 3.63) is 0 Å². The zero-order valence-electron chi connectivity index (χ0n) is 7.86. The van der Waals surface area contributed by atoms with E-state index < -0.39 is 0 Å². The van der Waals surface area contributed by atoms with Gasteiger partial charge >= 0.3 is 0 Å². The minimum absolute atomic E-state index is 0.0255. The molecule has 2 rings (SSSR count). The van der Waals surface area contributed by atoms with E-state index in [0.29, 0.717) is 13.1 Å². The maximum Gasteiger partial charge on any atom is 0.239 e. The van der Waals surface area contributed by atoms with Crippen LogP contribution in [0.4, 0.5) is 0 Å². The minimum atomic E-state index is -0.330. The summed E-state index contributed by atoms with van der Waals surface area (Å²) >= 11 is 0. The molecular weight excluding hydrogens is 168 g/mol. The third-order valence-electron chi connectivity index (χ3n) is 3.01. The quantitative estimate of drug-likeness (QED) is 0.560. The minimum Gasteiger partial charge on any atom is -0.391 e. The van der Waals surface area contributed by atoms with Crippen LogP contribution in [0.2, 0.25) is 0 Å².